The molecule has 0 unspecified atom stereocenters. The quantitative estimate of drug-likeness (QED) is 0.452. The number of amides is 2. The van der Waals surface area contributed by atoms with Crippen molar-refractivity contribution in [2.24, 2.45) is 0 Å². The van der Waals surface area contributed by atoms with Crippen LogP contribution in [0.25, 0.3) is 0 Å². The summed E-state index contributed by atoms with van der Waals surface area (Å²) in [4.78, 5) is 24.3. The van der Waals surface area contributed by atoms with Crippen molar-refractivity contribution in [2.75, 3.05) is 11.9 Å². The molecule has 0 saturated heterocycles. The van der Waals surface area contributed by atoms with Gasteiger partial charge < -0.3 is 10.6 Å². The fourth-order valence-corrected chi connectivity index (χ4v) is 2.85. The number of carbonyl (C=O) groups is 2. The van der Waals surface area contributed by atoms with Gasteiger partial charge in [-0.05, 0) is 67.5 Å². The number of thiocarbonyl (C=S) groups is 1. The summed E-state index contributed by atoms with van der Waals surface area (Å²) in [6.45, 7) is 4.69. The fourth-order valence-electron chi connectivity index (χ4n) is 2.26. The summed E-state index contributed by atoms with van der Waals surface area (Å²) < 4.78 is 0.863. The van der Waals surface area contributed by atoms with Gasteiger partial charge in [-0.15, -0.1) is 0 Å². The van der Waals surface area contributed by atoms with E-state index in [1.807, 2.05) is 13.0 Å². The molecule has 27 heavy (non-hydrogen) atoms. The molecule has 0 radical (unpaired) electrons. The third-order valence-electron chi connectivity index (χ3n) is 3.88. The van der Waals surface area contributed by atoms with E-state index in [2.05, 4.69) is 38.8 Å². The third kappa shape index (κ3) is 6.45. The van der Waals surface area contributed by atoms with Gasteiger partial charge in [0.05, 0.1) is 0 Å². The first-order chi connectivity index (χ1) is 12.9. The highest BCUT2D eigenvalue weighted by atomic mass is 79.9. The number of aryl methyl sites for hydroxylation is 1. The maximum absolute atomic E-state index is 12.3. The average Bonchev–Trinajstić information content (AvgIpc) is 2.64. The molecule has 0 bridgehead atoms. The van der Waals surface area contributed by atoms with E-state index in [-0.39, 0.29) is 16.9 Å². The summed E-state index contributed by atoms with van der Waals surface area (Å²) in [7, 11) is 0. The van der Waals surface area contributed by atoms with Gasteiger partial charge in [0, 0.05) is 27.8 Å². The Bertz CT molecular complexity index is 838. The van der Waals surface area contributed by atoms with Gasteiger partial charge in [0.2, 0.25) is 0 Å². The molecule has 5 nitrogen and oxygen atoms in total. The number of carbonyl (C=O) groups excluding carboxylic acids is 2. The molecular weight excluding hydrogens is 426 g/mol. The standard InChI is InChI=1S/C20H22BrN3O2S/c1-3-4-11-22-18(25)14-7-9-16(10-8-14)23-20(27)24-19(26)15-6-5-13(2)17(21)12-15/h5-10,12H,3-4,11H2,1-2H3,(H,22,25)(H2,23,24,26,27). The molecule has 2 amide bonds. The zero-order valence-corrected chi connectivity index (χ0v) is 17.7. The van der Waals surface area contributed by atoms with Crippen molar-refractivity contribution in [3.63, 3.8) is 0 Å². The van der Waals surface area contributed by atoms with E-state index in [0.717, 1.165) is 22.9 Å². The Morgan fingerprint density at radius 1 is 1.04 bits per heavy atom. The maximum Gasteiger partial charge on any atom is 0.257 e. The first-order valence-corrected chi connectivity index (χ1v) is 9.87. The van der Waals surface area contributed by atoms with E-state index in [1.54, 1.807) is 36.4 Å². The fraction of sp³-hybridized carbons (Fsp3) is 0.250. The molecule has 0 aliphatic carbocycles. The lowest BCUT2D eigenvalue weighted by atomic mass is 10.1. The van der Waals surface area contributed by atoms with Gasteiger partial charge in [0.25, 0.3) is 11.8 Å². The Hall–Kier alpha value is -2.25. The molecule has 7 heteroatoms. The second-order valence-corrected chi connectivity index (χ2v) is 7.32. The van der Waals surface area contributed by atoms with Gasteiger partial charge in [-0.3, -0.25) is 14.9 Å². The zero-order chi connectivity index (χ0) is 19.8. The van der Waals surface area contributed by atoms with Crippen LogP contribution >= 0.6 is 28.1 Å². The monoisotopic (exact) mass is 447 g/mol. The van der Waals surface area contributed by atoms with Crippen molar-refractivity contribution < 1.29 is 9.59 Å². The highest BCUT2D eigenvalue weighted by Crippen LogP contribution is 2.17. The summed E-state index contributed by atoms with van der Waals surface area (Å²) >= 11 is 8.60. The first kappa shape index (κ1) is 21.1. The van der Waals surface area contributed by atoms with Crippen LogP contribution in [-0.2, 0) is 0 Å². The summed E-state index contributed by atoms with van der Waals surface area (Å²) in [6.07, 6.45) is 1.99. The van der Waals surface area contributed by atoms with Crippen LogP contribution in [0.5, 0.6) is 0 Å². The largest absolute Gasteiger partial charge is 0.352 e. The van der Waals surface area contributed by atoms with Crippen LogP contribution in [0, 0.1) is 6.92 Å². The normalized spacial score (nSPS) is 10.2. The topological polar surface area (TPSA) is 70.2 Å². The second kappa shape index (κ2) is 10.2. The Kier molecular flexibility index (Phi) is 7.94. The molecule has 0 heterocycles. The van der Waals surface area contributed by atoms with E-state index < -0.39 is 0 Å². The summed E-state index contributed by atoms with van der Waals surface area (Å²) in [5, 5.41) is 8.65. The van der Waals surface area contributed by atoms with Crippen molar-refractivity contribution in [1.29, 1.82) is 0 Å². The molecule has 2 aromatic carbocycles. The second-order valence-electron chi connectivity index (χ2n) is 6.06. The van der Waals surface area contributed by atoms with Crippen molar-refractivity contribution in [3.8, 4) is 0 Å². The van der Waals surface area contributed by atoms with E-state index in [4.69, 9.17) is 12.2 Å². The zero-order valence-electron chi connectivity index (χ0n) is 15.3. The van der Waals surface area contributed by atoms with Crippen LogP contribution in [0.2, 0.25) is 0 Å². The summed E-state index contributed by atoms with van der Waals surface area (Å²) in [5.41, 5.74) is 2.83. The number of nitrogens with one attached hydrogen (secondary N) is 3. The highest BCUT2D eigenvalue weighted by molar-refractivity contribution is 9.10. The van der Waals surface area contributed by atoms with Crippen molar-refractivity contribution in [3.05, 3.63) is 63.6 Å². The number of unbranched alkanes of at least 4 members (excludes halogenated alkanes) is 1. The smallest absolute Gasteiger partial charge is 0.257 e. The van der Waals surface area contributed by atoms with E-state index in [0.29, 0.717) is 23.4 Å². The molecule has 2 aromatic rings. The molecule has 0 saturated carbocycles. The number of hydrogen-bond donors (Lipinski definition) is 3. The van der Waals surface area contributed by atoms with Gasteiger partial charge in [-0.1, -0.05) is 35.3 Å². The number of hydrogen-bond acceptors (Lipinski definition) is 3. The minimum absolute atomic E-state index is 0.101. The van der Waals surface area contributed by atoms with Crippen molar-refractivity contribution >= 4 is 50.8 Å². The third-order valence-corrected chi connectivity index (χ3v) is 4.94. The van der Waals surface area contributed by atoms with Crippen LogP contribution in [0.3, 0.4) is 0 Å². The van der Waals surface area contributed by atoms with Gasteiger partial charge >= 0.3 is 0 Å². The predicted octanol–water partition coefficient (Wildman–Crippen LogP) is 4.41. The van der Waals surface area contributed by atoms with Gasteiger partial charge in [0.15, 0.2) is 5.11 Å². The average molecular weight is 448 g/mol. The molecule has 0 aliphatic heterocycles. The van der Waals surface area contributed by atoms with Gasteiger partial charge in [-0.25, -0.2) is 0 Å². The van der Waals surface area contributed by atoms with E-state index in [9.17, 15) is 9.59 Å². The van der Waals surface area contributed by atoms with Crippen LogP contribution in [0.1, 0.15) is 46.0 Å². The van der Waals surface area contributed by atoms with Crippen molar-refractivity contribution in [2.45, 2.75) is 26.7 Å². The predicted molar refractivity (Wildman–Crippen MR) is 116 cm³/mol. The Morgan fingerprint density at radius 3 is 2.33 bits per heavy atom. The number of benzene rings is 2. The Morgan fingerprint density at radius 2 is 1.70 bits per heavy atom. The molecule has 0 fully saturated rings. The van der Waals surface area contributed by atoms with Gasteiger partial charge in [-0.2, -0.15) is 0 Å². The Labute approximate surface area is 173 Å². The Balaban J connectivity index is 1.90. The molecule has 0 spiro atoms. The highest BCUT2D eigenvalue weighted by Gasteiger charge is 2.10. The van der Waals surface area contributed by atoms with Crippen LogP contribution in [0.4, 0.5) is 5.69 Å². The molecule has 3 N–H and O–H groups in total. The molecule has 2 rings (SSSR count). The van der Waals surface area contributed by atoms with Crippen LogP contribution < -0.4 is 16.0 Å². The minimum Gasteiger partial charge on any atom is -0.352 e. The molecule has 0 atom stereocenters. The minimum atomic E-state index is -0.292. The van der Waals surface area contributed by atoms with Crippen LogP contribution in [0.15, 0.2) is 46.9 Å². The number of rotatable bonds is 6. The van der Waals surface area contributed by atoms with E-state index >= 15 is 0 Å². The number of halogens is 1. The lowest BCUT2D eigenvalue weighted by Crippen LogP contribution is -2.34. The van der Waals surface area contributed by atoms with E-state index in [1.165, 1.54) is 0 Å². The first-order valence-electron chi connectivity index (χ1n) is 8.67. The SMILES string of the molecule is CCCCNC(=O)c1ccc(NC(=S)NC(=O)c2ccc(C)c(Br)c2)cc1. The summed E-state index contributed by atoms with van der Waals surface area (Å²) in [6, 6.07) is 12.3. The molecule has 0 aliphatic rings. The van der Waals surface area contributed by atoms with Gasteiger partial charge in [0.1, 0.15) is 0 Å². The molecular formula is C20H22BrN3O2S. The molecule has 142 valence electrons. The maximum atomic E-state index is 12.3. The molecule has 0 aromatic heterocycles. The van der Waals surface area contributed by atoms with Crippen molar-refractivity contribution in [1.82, 2.24) is 10.6 Å². The van der Waals surface area contributed by atoms with Crippen LogP contribution in [-0.4, -0.2) is 23.5 Å². The lowest BCUT2D eigenvalue weighted by molar-refractivity contribution is 0.0950. The summed E-state index contributed by atoms with van der Waals surface area (Å²) in [5.74, 6) is -0.393. The lowest BCUT2D eigenvalue weighted by Gasteiger charge is -2.11. The number of anilines is 1.